The topological polar surface area (TPSA) is 57.5 Å². The Morgan fingerprint density at radius 1 is 1.43 bits per heavy atom. The van der Waals surface area contributed by atoms with Crippen LogP contribution in [0.25, 0.3) is 10.1 Å². The summed E-state index contributed by atoms with van der Waals surface area (Å²) in [6.45, 7) is 0. The SMILES string of the molecule is O=C(O)Cc1csc2cc(O)ccc12. The van der Waals surface area contributed by atoms with E-state index in [1.54, 1.807) is 18.2 Å². The zero-order valence-corrected chi connectivity index (χ0v) is 8.04. The third-order valence-corrected chi connectivity index (χ3v) is 2.98. The van der Waals surface area contributed by atoms with Crippen molar-refractivity contribution in [2.24, 2.45) is 0 Å². The van der Waals surface area contributed by atoms with Crippen molar-refractivity contribution in [3.8, 4) is 5.75 Å². The lowest BCUT2D eigenvalue weighted by Gasteiger charge is -1.95. The van der Waals surface area contributed by atoms with Crippen LogP contribution in [-0.4, -0.2) is 16.2 Å². The van der Waals surface area contributed by atoms with Crippen molar-refractivity contribution in [3.05, 3.63) is 29.1 Å². The van der Waals surface area contributed by atoms with Crippen LogP contribution in [0.2, 0.25) is 0 Å². The molecule has 2 aromatic rings. The average molecular weight is 208 g/mol. The van der Waals surface area contributed by atoms with Gasteiger partial charge in [-0.15, -0.1) is 11.3 Å². The summed E-state index contributed by atoms with van der Waals surface area (Å²) in [7, 11) is 0. The molecule has 1 aromatic heterocycles. The molecule has 1 aromatic carbocycles. The van der Waals surface area contributed by atoms with Gasteiger partial charge in [0.25, 0.3) is 0 Å². The predicted molar refractivity (Wildman–Crippen MR) is 54.8 cm³/mol. The molecule has 0 unspecified atom stereocenters. The van der Waals surface area contributed by atoms with E-state index in [2.05, 4.69) is 0 Å². The number of phenols is 1. The fourth-order valence-electron chi connectivity index (χ4n) is 1.37. The lowest BCUT2D eigenvalue weighted by molar-refractivity contribution is -0.136. The largest absolute Gasteiger partial charge is 0.508 e. The van der Waals surface area contributed by atoms with E-state index < -0.39 is 5.97 Å². The van der Waals surface area contributed by atoms with Gasteiger partial charge in [-0.05, 0) is 34.5 Å². The van der Waals surface area contributed by atoms with Crippen molar-refractivity contribution in [1.82, 2.24) is 0 Å². The first-order chi connectivity index (χ1) is 6.66. The van der Waals surface area contributed by atoms with Gasteiger partial charge in [0.15, 0.2) is 0 Å². The van der Waals surface area contributed by atoms with Crippen LogP contribution in [0.4, 0.5) is 0 Å². The number of carboxylic acids is 1. The Labute approximate surface area is 84.2 Å². The highest BCUT2D eigenvalue weighted by molar-refractivity contribution is 7.17. The van der Waals surface area contributed by atoms with Gasteiger partial charge < -0.3 is 10.2 Å². The fraction of sp³-hybridized carbons (Fsp3) is 0.100. The van der Waals surface area contributed by atoms with Gasteiger partial charge in [-0.3, -0.25) is 4.79 Å². The number of aliphatic carboxylic acids is 1. The molecule has 14 heavy (non-hydrogen) atoms. The molecular formula is C10H8O3S. The third-order valence-electron chi connectivity index (χ3n) is 1.98. The van der Waals surface area contributed by atoms with Gasteiger partial charge in [0.1, 0.15) is 5.75 Å². The van der Waals surface area contributed by atoms with E-state index in [0.717, 1.165) is 15.6 Å². The van der Waals surface area contributed by atoms with Crippen LogP contribution >= 0.6 is 11.3 Å². The first-order valence-electron chi connectivity index (χ1n) is 4.07. The lowest BCUT2D eigenvalue weighted by atomic mass is 10.1. The molecule has 0 bridgehead atoms. The molecule has 0 fully saturated rings. The Morgan fingerprint density at radius 3 is 2.93 bits per heavy atom. The Morgan fingerprint density at radius 2 is 2.21 bits per heavy atom. The number of carboxylic acid groups (broad SMARTS) is 1. The number of hydrogen-bond acceptors (Lipinski definition) is 3. The highest BCUT2D eigenvalue weighted by Crippen LogP contribution is 2.29. The zero-order chi connectivity index (χ0) is 10.1. The van der Waals surface area contributed by atoms with Gasteiger partial charge in [0, 0.05) is 4.70 Å². The van der Waals surface area contributed by atoms with Crippen molar-refractivity contribution < 1.29 is 15.0 Å². The number of fused-ring (bicyclic) bond motifs is 1. The Balaban J connectivity index is 2.52. The molecule has 0 amide bonds. The van der Waals surface area contributed by atoms with Gasteiger partial charge in [0.2, 0.25) is 0 Å². The molecule has 0 atom stereocenters. The molecule has 0 aliphatic rings. The molecule has 0 aliphatic carbocycles. The summed E-state index contributed by atoms with van der Waals surface area (Å²) in [6, 6.07) is 4.96. The molecule has 72 valence electrons. The standard InChI is InChI=1S/C10H8O3S/c11-7-1-2-8-6(3-10(12)13)5-14-9(8)4-7/h1-2,4-5,11H,3H2,(H,12,13). The van der Waals surface area contributed by atoms with Gasteiger partial charge >= 0.3 is 5.97 Å². The second-order valence-electron chi connectivity index (χ2n) is 3.01. The number of thiophene rings is 1. The monoisotopic (exact) mass is 208 g/mol. The molecule has 0 saturated heterocycles. The molecule has 0 aliphatic heterocycles. The third kappa shape index (κ3) is 1.56. The first-order valence-corrected chi connectivity index (χ1v) is 4.95. The molecule has 2 rings (SSSR count). The highest BCUT2D eigenvalue weighted by Gasteiger charge is 2.07. The number of phenolic OH excluding ortho intramolecular Hbond substituents is 1. The minimum absolute atomic E-state index is 0.0325. The van der Waals surface area contributed by atoms with Crippen molar-refractivity contribution in [3.63, 3.8) is 0 Å². The maximum atomic E-state index is 10.5. The van der Waals surface area contributed by atoms with Gasteiger partial charge in [-0.25, -0.2) is 0 Å². The summed E-state index contributed by atoms with van der Waals surface area (Å²) in [4.78, 5) is 10.5. The van der Waals surface area contributed by atoms with Gasteiger partial charge in [0.05, 0.1) is 6.42 Å². The molecule has 0 radical (unpaired) electrons. The fourth-order valence-corrected chi connectivity index (χ4v) is 2.37. The normalized spacial score (nSPS) is 10.6. The van der Waals surface area contributed by atoms with Crippen LogP contribution < -0.4 is 0 Å². The molecule has 1 heterocycles. The molecule has 4 heteroatoms. The second kappa shape index (κ2) is 3.31. The second-order valence-corrected chi connectivity index (χ2v) is 3.92. The summed E-state index contributed by atoms with van der Waals surface area (Å²) in [6.07, 6.45) is 0.0325. The van der Waals surface area contributed by atoms with Crippen molar-refractivity contribution in [2.45, 2.75) is 6.42 Å². The minimum Gasteiger partial charge on any atom is -0.508 e. The van der Waals surface area contributed by atoms with E-state index >= 15 is 0 Å². The molecular weight excluding hydrogens is 200 g/mol. The van der Waals surface area contributed by atoms with E-state index in [0.29, 0.717) is 0 Å². The molecule has 0 spiro atoms. The van der Waals surface area contributed by atoms with Crippen LogP contribution in [0.5, 0.6) is 5.75 Å². The van der Waals surface area contributed by atoms with E-state index in [4.69, 9.17) is 5.11 Å². The summed E-state index contributed by atoms with van der Waals surface area (Å²) < 4.78 is 0.918. The van der Waals surface area contributed by atoms with Crippen LogP contribution in [-0.2, 0) is 11.2 Å². The predicted octanol–water partition coefficient (Wildman–Crippen LogP) is 2.23. The van der Waals surface area contributed by atoms with Crippen LogP contribution in [0, 0.1) is 0 Å². The van der Waals surface area contributed by atoms with Crippen molar-refractivity contribution >= 4 is 27.4 Å². The molecule has 3 nitrogen and oxygen atoms in total. The van der Waals surface area contributed by atoms with Crippen LogP contribution in [0.3, 0.4) is 0 Å². The quantitative estimate of drug-likeness (QED) is 0.795. The van der Waals surface area contributed by atoms with Crippen molar-refractivity contribution in [2.75, 3.05) is 0 Å². The van der Waals surface area contributed by atoms with Gasteiger partial charge in [-0.2, -0.15) is 0 Å². The number of rotatable bonds is 2. The summed E-state index contributed by atoms with van der Waals surface area (Å²) in [5.74, 6) is -0.626. The van der Waals surface area contributed by atoms with E-state index in [9.17, 15) is 9.90 Å². The van der Waals surface area contributed by atoms with E-state index in [1.165, 1.54) is 11.3 Å². The summed E-state index contributed by atoms with van der Waals surface area (Å²) >= 11 is 1.45. The van der Waals surface area contributed by atoms with E-state index in [-0.39, 0.29) is 12.2 Å². The van der Waals surface area contributed by atoms with Gasteiger partial charge in [-0.1, -0.05) is 0 Å². The number of carbonyl (C=O) groups is 1. The average Bonchev–Trinajstić information content (AvgIpc) is 2.47. The summed E-state index contributed by atoms with van der Waals surface area (Å²) in [5, 5.41) is 20.6. The van der Waals surface area contributed by atoms with Crippen LogP contribution in [0.15, 0.2) is 23.6 Å². The maximum Gasteiger partial charge on any atom is 0.307 e. The smallest absolute Gasteiger partial charge is 0.307 e. The number of hydrogen-bond donors (Lipinski definition) is 2. The molecule has 0 saturated carbocycles. The Hall–Kier alpha value is -1.55. The highest BCUT2D eigenvalue weighted by atomic mass is 32.1. The molecule has 2 N–H and O–H groups in total. The Kier molecular flexibility index (Phi) is 2.13. The zero-order valence-electron chi connectivity index (χ0n) is 7.23. The first kappa shape index (κ1) is 9.02. The Bertz CT molecular complexity index is 487. The summed E-state index contributed by atoms with van der Waals surface area (Å²) in [5.41, 5.74) is 0.803. The number of benzene rings is 1. The minimum atomic E-state index is -0.835. The van der Waals surface area contributed by atoms with Crippen LogP contribution in [0.1, 0.15) is 5.56 Å². The maximum absolute atomic E-state index is 10.5. The lowest BCUT2D eigenvalue weighted by Crippen LogP contribution is -1.98. The van der Waals surface area contributed by atoms with E-state index in [1.807, 2.05) is 5.38 Å². The number of aromatic hydroxyl groups is 1. The van der Waals surface area contributed by atoms with Crippen molar-refractivity contribution in [1.29, 1.82) is 0 Å².